The molecule has 19 valence electrons. The van der Waals surface area contributed by atoms with Crippen molar-refractivity contribution in [2.24, 2.45) is 0 Å². The van der Waals surface area contributed by atoms with Crippen LogP contribution in [0.2, 0.25) is 0 Å². The molecule has 4 heavy (non-hydrogen) atoms. The standard InChI is InChI=1S/Ba.Fe.Mg.Mn. The molecular formula is BaFeMgMn. The van der Waals surface area contributed by atoms with Gasteiger partial charge < -0.3 is 0 Å². The maximum atomic E-state index is 0. The Hall–Kier alpha value is 3.38. The Kier molecular flexibility index (Phi) is 106. The zero-order valence-corrected chi connectivity index (χ0v) is 10.3. The Balaban J connectivity index is 0. The van der Waals surface area contributed by atoms with Crippen LogP contribution in [0, 0.1) is 0 Å². The van der Waals surface area contributed by atoms with Crippen LogP contribution in [-0.4, -0.2) is 71.9 Å². The molecule has 0 bridgehead atoms. The molecule has 0 saturated carbocycles. The molecule has 0 aromatic carbocycles. The summed E-state index contributed by atoms with van der Waals surface area (Å²) in [4.78, 5) is 0. The van der Waals surface area contributed by atoms with E-state index in [0.29, 0.717) is 0 Å². The molecule has 5 radical (unpaired) electrons. The molecule has 0 aliphatic rings. The van der Waals surface area contributed by atoms with Crippen LogP contribution in [0.25, 0.3) is 0 Å². The van der Waals surface area contributed by atoms with E-state index in [9.17, 15) is 0 Å². The molecule has 0 aromatic rings. The summed E-state index contributed by atoms with van der Waals surface area (Å²) in [5, 5.41) is 0. The molecule has 0 aliphatic heterocycles. The fraction of sp³-hybridized carbons (Fsp3) is 0. The van der Waals surface area contributed by atoms with Gasteiger partial charge in [-0.3, -0.25) is 0 Å². The summed E-state index contributed by atoms with van der Waals surface area (Å²) in [6.45, 7) is 0. The van der Waals surface area contributed by atoms with E-state index in [1.54, 1.807) is 0 Å². The van der Waals surface area contributed by atoms with Crippen molar-refractivity contribution in [1.82, 2.24) is 0 Å². The van der Waals surface area contributed by atoms with E-state index < -0.39 is 0 Å². The first-order chi connectivity index (χ1) is 0. The Morgan fingerprint density at radius 2 is 1.00 bits per heavy atom. The van der Waals surface area contributed by atoms with Crippen molar-refractivity contribution >= 4 is 71.9 Å². The van der Waals surface area contributed by atoms with Crippen LogP contribution in [-0.2, 0) is 34.1 Å². The predicted molar refractivity (Wildman–Crippen MR) is 11.5 cm³/mol. The quantitative estimate of drug-likeness (QED) is 0.508. The Bertz CT molecular complexity index is 8.00. The third kappa shape index (κ3) is 9.03. The van der Waals surface area contributed by atoms with Gasteiger partial charge in [-0.1, -0.05) is 0 Å². The summed E-state index contributed by atoms with van der Waals surface area (Å²) >= 11 is 0. The second kappa shape index (κ2) is 16.2. The molecule has 4 heteroatoms. The molecule has 0 atom stereocenters. The topological polar surface area (TPSA) is 0 Å². The van der Waals surface area contributed by atoms with Crippen molar-refractivity contribution in [2.45, 2.75) is 0 Å². The van der Waals surface area contributed by atoms with Crippen molar-refractivity contribution in [3.05, 3.63) is 0 Å². The normalized spacial score (nSPS) is 0. The molecule has 0 rings (SSSR count). The summed E-state index contributed by atoms with van der Waals surface area (Å²) in [6.07, 6.45) is 0. The zero-order valence-electron chi connectivity index (χ0n) is 2.15. The fourth-order valence-corrected chi connectivity index (χ4v) is 0. The van der Waals surface area contributed by atoms with Crippen molar-refractivity contribution in [3.63, 3.8) is 0 Å². The minimum atomic E-state index is 0. The van der Waals surface area contributed by atoms with E-state index in [2.05, 4.69) is 0 Å². The minimum Gasteiger partial charge on any atom is 0 e. The first-order valence-electron chi connectivity index (χ1n) is 0. The summed E-state index contributed by atoms with van der Waals surface area (Å²) < 4.78 is 0. The molecule has 0 unspecified atom stereocenters. The van der Waals surface area contributed by atoms with Crippen molar-refractivity contribution in [2.75, 3.05) is 0 Å². The second-order valence-corrected chi connectivity index (χ2v) is 0. The van der Waals surface area contributed by atoms with Gasteiger partial charge in [0, 0.05) is 106 Å². The van der Waals surface area contributed by atoms with E-state index in [1.807, 2.05) is 0 Å². The number of rotatable bonds is 0. The molecule has 0 nitrogen and oxygen atoms in total. The largest absolute Gasteiger partial charge is 0 e. The van der Waals surface area contributed by atoms with Crippen molar-refractivity contribution in [1.29, 1.82) is 0 Å². The molecule has 0 aromatic heterocycles. The van der Waals surface area contributed by atoms with E-state index in [4.69, 9.17) is 0 Å². The van der Waals surface area contributed by atoms with Gasteiger partial charge in [-0.25, -0.2) is 0 Å². The van der Waals surface area contributed by atoms with E-state index in [-0.39, 0.29) is 106 Å². The average molecular weight is 272 g/mol. The maximum Gasteiger partial charge on any atom is 0 e. The SMILES string of the molecule is [Ba].[Fe].[Mg].[Mn]. The average Bonchev–Trinajstić information content (AvgIpc) is 0. The maximum absolute atomic E-state index is 0. The van der Waals surface area contributed by atoms with Crippen LogP contribution < -0.4 is 0 Å². The van der Waals surface area contributed by atoms with Crippen LogP contribution >= 0.6 is 0 Å². The van der Waals surface area contributed by atoms with E-state index >= 15 is 0 Å². The van der Waals surface area contributed by atoms with Gasteiger partial charge in [-0.15, -0.1) is 0 Å². The van der Waals surface area contributed by atoms with Crippen LogP contribution in [0.4, 0.5) is 0 Å². The Labute approximate surface area is 103 Å². The molecule has 0 fully saturated rings. The fourth-order valence-electron chi connectivity index (χ4n) is 0. The van der Waals surface area contributed by atoms with Crippen LogP contribution in [0.3, 0.4) is 0 Å². The minimum absolute atomic E-state index is 0. The van der Waals surface area contributed by atoms with Gasteiger partial charge in [0.05, 0.1) is 0 Å². The van der Waals surface area contributed by atoms with Gasteiger partial charge >= 0.3 is 0 Å². The van der Waals surface area contributed by atoms with Crippen LogP contribution in [0.5, 0.6) is 0 Å². The zero-order chi connectivity index (χ0) is 0. The molecule has 0 spiro atoms. The molecule has 0 heterocycles. The number of hydrogen-bond acceptors (Lipinski definition) is 0. The summed E-state index contributed by atoms with van der Waals surface area (Å²) in [7, 11) is 0. The smallest absolute Gasteiger partial charge is 0 e. The third-order valence-corrected chi connectivity index (χ3v) is 0. The van der Waals surface area contributed by atoms with Crippen molar-refractivity contribution in [3.8, 4) is 0 Å². The van der Waals surface area contributed by atoms with Gasteiger partial charge in [0.2, 0.25) is 0 Å². The van der Waals surface area contributed by atoms with Crippen LogP contribution in [0.1, 0.15) is 0 Å². The summed E-state index contributed by atoms with van der Waals surface area (Å²) in [6, 6.07) is 0. The molecule has 0 saturated heterocycles. The first kappa shape index (κ1) is 26.3. The van der Waals surface area contributed by atoms with E-state index in [0.717, 1.165) is 0 Å². The van der Waals surface area contributed by atoms with Gasteiger partial charge in [0.15, 0.2) is 0 Å². The van der Waals surface area contributed by atoms with Gasteiger partial charge in [0.25, 0.3) is 0 Å². The molecule has 0 aliphatic carbocycles. The second-order valence-electron chi connectivity index (χ2n) is 0. The van der Waals surface area contributed by atoms with Crippen LogP contribution in [0.15, 0.2) is 0 Å². The first-order valence-corrected chi connectivity index (χ1v) is 0. The molecule has 0 amide bonds. The molecular weight excluding hydrogens is 272 g/mol. The Morgan fingerprint density at radius 3 is 1.00 bits per heavy atom. The van der Waals surface area contributed by atoms with Crippen molar-refractivity contribution < 1.29 is 34.1 Å². The van der Waals surface area contributed by atoms with Gasteiger partial charge in [-0.2, -0.15) is 0 Å². The van der Waals surface area contributed by atoms with Gasteiger partial charge in [0.1, 0.15) is 0 Å². The predicted octanol–water partition coefficient (Wildman–Crippen LogP) is -0.767. The summed E-state index contributed by atoms with van der Waals surface area (Å²) in [5.74, 6) is 0. The number of hydrogen-bond donors (Lipinski definition) is 0. The monoisotopic (exact) mass is 273 g/mol. The summed E-state index contributed by atoms with van der Waals surface area (Å²) in [5.41, 5.74) is 0. The van der Waals surface area contributed by atoms with Gasteiger partial charge in [-0.05, 0) is 0 Å². The third-order valence-electron chi connectivity index (χ3n) is 0. The Morgan fingerprint density at radius 1 is 1.00 bits per heavy atom. The van der Waals surface area contributed by atoms with E-state index in [1.165, 1.54) is 0 Å². The molecule has 0 N–H and O–H groups in total.